The predicted molar refractivity (Wildman–Crippen MR) is 69.5 cm³/mol. The van der Waals surface area contributed by atoms with Gasteiger partial charge >= 0.3 is 0 Å². The molecule has 0 aliphatic heterocycles. The van der Waals surface area contributed by atoms with Crippen LogP contribution in [0.25, 0.3) is 5.69 Å². The molecular weight excluding hydrogens is 232 g/mol. The molecule has 90 valence electrons. The minimum atomic E-state index is 0.865. The van der Waals surface area contributed by atoms with Gasteiger partial charge < -0.3 is 0 Å². The summed E-state index contributed by atoms with van der Waals surface area (Å²) in [6, 6.07) is 8.19. The van der Waals surface area contributed by atoms with Gasteiger partial charge in [-0.05, 0) is 41.5 Å². The van der Waals surface area contributed by atoms with Crippen LogP contribution in [0.4, 0.5) is 0 Å². The molecule has 0 atom stereocenters. The lowest BCUT2D eigenvalue weighted by Crippen LogP contribution is -1.99. The Morgan fingerprint density at radius 2 is 2.24 bits per heavy atom. The molecule has 0 unspecified atom stereocenters. The lowest BCUT2D eigenvalue weighted by Gasteiger charge is -2.04. The van der Waals surface area contributed by atoms with Crippen LogP contribution < -0.4 is 0 Å². The molecule has 2 aromatic rings. The predicted octanol–water partition coefficient (Wildman–Crippen LogP) is 2.86. The molecule has 0 amide bonds. The minimum Gasteiger partial charge on any atom is -0.188 e. The maximum absolute atomic E-state index is 4.06. The van der Waals surface area contributed by atoms with E-state index in [-0.39, 0.29) is 0 Å². The van der Waals surface area contributed by atoms with Gasteiger partial charge in [-0.1, -0.05) is 37.2 Å². The van der Waals surface area contributed by atoms with Gasteiger partial charge in [0, 0.05) is 5.75 Å². The summed E-state index contributed by atoms with van der Waals surface area (Å²) < 4.78 is 1.80. The molecule has 0 spiro atoms. The van der Waals surface area contributed by atoms with Crippen LogP contribution in [0.5, 0.6) is 0 Å². The van der Waals surface area contributed by atoms with Crippen molar-refractivity contribution in [2.45, 2.75) is 31.8 Å². The molecule has 0 aliphatic carbocycles. The second kappa shape index (κ2) is 5.82. The second-order valence-electron chi connectivity index (χ2n) is 3.91. The molecule has 1 heterocycles. The third kappa shape index (κ3) is 3.06. The van der Waals surface area contributed by atoms with Gasteiger partial charge in [-0.15, -0.1) is 5.10 Å². The van der Waals surface area contributed by atoms with Crippen LogP contribution in [0.2, 0.25) is 0 Å². The average molecular weight is 248 g/mol. The summed E-state index contributed by atoms with van der Waals surface area (Å²) in [6.45, 7) is 4.25. The van der Waals surface area contributed by atoms with E-state index in [2.05, 4.69) is 41.5 Å². The normalized spacial score (nSPS) is 10.7. The fourth-order valence-corrected chi connectivity index (χ4v) is 2.47. The fourth-order valence-electron chi connectivity index (χ4n) is 1.50. The first-order valence-corrected chi connectivity index (χ1v) is 6.78. The number of unbranched alkanes of at least 4 members (excludes halogenated alkanes) is 1. The summed E-state index contributed by atoms with van der Waals surface area (Å²) in [5.41, 5.74) is 2.23. The first kappa shape index (κ1) is 12.1. The van der Waals surface area contributed by atoms with Gasteiger partial charge in [-0.25, -0.2) is 0 Å². The van der Waals surface area contributed by atoms with Crippen molar-refractivity contribution in [3.8, 4) is 5.69 Å². The molecule has 0 fully saturated rings. The van der Waals surface area contributed by atoms with Crippen molar-refractivity contribution in [2.24, 2.45) is 0 Å². The number of nitrogens with zero attached hydrogens (tertiary/aromatic N) is 4. The Labute approximate surface area is 105 Å². The smallest absolute Gasteiger partial charge is 0.188 e. The van der Waals surface area contributed by atoms with Crippen LogP contribution in [0.3, 0.4) is 0 Å². The number of hydrogen-bond donors (Lipinski definition) is 0. The molecule has 5 heteroatoms. The van der Waals surface area contributed by atoms with Crippen molar-refractivity contribution in [1.29, 1.82) is 0 Å². The Bertz CT molecular complexity index is 481. The molecule has 0 radical (unpaired) electrons. The summed E-state index contributed by atoms with van der Waals surface area (Å²) >= 11 is 1.71. The maximum Gasteiger partial charge on any atom is 0.214 e. The molecule has 17 heavy (non-hydrogen) atoms. The summed E-state index contributed by atoms with van der Waals surface area (Å²) in [5, 5.41) is 12.7. The molecule has 0 saturated heterocycles. The summed E-state index contributed by atoms with van der Waals surface area (Å²) in [4.78, 5) is 0. The highest BCUT2D eigenvalue weighted by Gasteiger charge is 2.08. The van der Waals surface area contributed by atoms with E-state index in [0.717, 1.165) is 16.6 Å². The third-order valence-electron chi connectivity index (χ3n) is 2.42. The molecule has 0 N–H and O–H groups in total. The van der Waals surface area contributed by atoms with Gasteiger partial charge in [0.05, 0.1) is 5.69 Å². The number of benzene rings is 1. The van der Waals surface area contributed by atoms with Gasteiger partial charge in [-0.2, -0.15) is 4.68 Å². The molecule has 2 rings (SSSR count). The number of thioether (sulfide) groups is 1. The van der Waals surface area contributed by atoms with Crippen LogP contribution in [0, 0.1) is 6.92 Å². The Hall–Kier alpha value is -1.36. The Morgan fingerprint density at radius 3 is 3.00 bits per heavy atom. The summed E-state index contributed by atoms with van der Waals surface area (Å²) in [7, 11) is 0. The number of hydrogen-bond acceptors (Lipinski definition) is 4. The molecule has 1 aromatic heterocycles. The highest BCUT2D eigenvalue weighted by Crippen LogP contribution is 2.19. The topological polar surface area (TPSA) is 43.6 Å². The van der Waals surface area contributed by atoms with E-state index >= 15 is 0 Å². The maximum atomic E-state index is 4.06. The van der Waals surface area contributed by atoms with E-state index in [1.165, 1.54) is 18.4 Å². The quantitative estimate of drug-likeness (QED) is 0.603. The third-order valence-corrected chi connectivity index (χ3v) is 3.42. The Kier molecular flexibility index (Phi) is 4.14. The first-order chi connectivity index (χ1) is 8.31. The van der Waals surface area contributed by atoms with E-state index in [1.54, 1.807) is 16.4 Å². The van der Waals surface area contributed by atoms with Gasteiger partial charge in [0.15, 0.2) is 0 Å². The van der Waals surface area contributed by atoms with Crippen molar-refractivity contribution in [1.82, 2.24) is 20.2 Å². The van der Waals surface area contributed by atoms with Crippen molar-refractivity contribution in [2.75, 3.05) is 5.75 Å². The van der Waals surface area contributed by atoms with Crippen LogP contribution >= 0.6 is 11.8 Å². The zero-order valence-electron chi connectivity index (χ0n) is 10.1. The second-order valence-corrected chi connectivity index (χ2v) is 4.98. The number of aromatic nitrogens is 4. The van der Waals surface area contributed by atoms with Crippen molar-refractivity contribution in [3.05, 3.63) is 29.8 Å². The fraction of sp³-hybridized carbons (Fsp3) is 0.417. The lowest BCUT2D eigenvalue weighted by molar-refractivity contribution is 0.755. The molecule has 4 nitrogen and oxygen atoms in total. The SMILES string of the molecule is CCCCSc1nnnn1-c1cccc(C)c1. The zero-order chi connectivity index (χ0) is 12.1. The molecule has 0 saturated carbocycles. The molecular formula is C12H16N4S. The van der Waals surface area contributed by atoms with E-state index in [0.29, 0.717) is 0 Å². The van der Waals surface area contributed by atoms with Crippen molar-refractivity contribution >= 4 is 11.8 Å². The molecule has 1 aromatic carbocycles. The van der Waals surface area contributed by atoms with E-state index in [1.807, 2.05) is 12.1 Å². The Morgan fingerprint density at radius 1 is 1.35 bits per heavy atom. The number of aryl methyl sites for hydroxylation is 1. The van der Waals surface area contributed by atoms with Crippen LogP contribution in [0.15, 0.2) is 29.4 Å². The number of rotatable bonds is 5. The first-order valence-electron chi connectivity index (χ1n) is 5.79. The highest BCUT2D eigenvalue weighted by atomic mass is 32.2. The van der Waals surface area contributed by atoms with Crippen LogP contribution in [-0.4, -0.2) is 26.0 Å². The summed E-state index contributed by atoms with van der Waals surface area (Å²) in [5.74, 6) is 1.06. The Balaban J connectivity index is 2.18. The van der Waals surface area contributed by atoms with E-state index in [9.17, 15) is 0 Å². The standard InChI is InChI=1S/C12H16N4S/c1-3-4-8-17-12-13-14-15-16(12)11-7-5-6-10(2)9-11/h5-7,9H,3-4,8H2,1-2H3. The lowest BCUT2D eigenvalue weighted by atomic mass is 10.2. The highest BCUT2D eigenvalue weighted by molar-refractivity contribution is 7.99. The largest absolute Gasteiger partial charge is 0.214 e. The van der Waals surface area contributed by atoms with Gasteiger partial charge in [-0.3, -0.25) is 0 Å². The van der Waals surface area contributed by atoms with Gasteiger partial charge in [0.2, 0.25) is 5.16 Å². The summed E-state index contributed by atoms with van der Waals surface area (Å²) in [6.07, 6.45) is 2.38. The number of tetrazole rings is 1. The molecule has 0 aliphatic rings. The van der Waals surface area contributed by atoms with Crippen molar-refractivity contribution in [3.63, 3.8) is 0 Å². The van der Waals surface area contributed by atoms with E-state index in [4.69, 9.17) is 0 Å². The van der Waals surface area contributed by atoms with Crippen LogP contribution in [-0.2, 0) is 0 Å². The average Bonchev–Trinajstić information content (AvgIpc) is 2.78. The van der Waals surface area contributed by atoms with Gasteiger partial charge in [0.25, 0.3) is 0 Å². The monoisotopic (exact) mass is 248 g/mol. The van der Waals surface area contributed by atoms with Crippen molar-refractivity contribution < 1.29 is 0 Å². The molecule has 0 bridgehead atoms. The minimum absolute atomic E-state index is 0.865. The van der Waals surface area contributed by atoms with Crippen LogP contribution in [0.1, 0.15) is 25.3 Å². The van der Waals surface area contributed by atoms with E-state index < -0.39 is 0 Å². The van der Waals surface area contributed by atoms with Gasteiger partial charge in [0.1, 0.15) is 0 Å². The zero-order valence-corrected chi connectivity index (χ0v) is 10.9.